The van der Waals surface area contributed by atoms with Crippen LogP contribution in [0.4, 0.5) is 11.5 Å². The SMILES string of the molecule is Cc1noc(C)c1CN(C)c1ccc([N+](=O)[O-])c(-c2ccccc2)n1. The summed E-state index contributed by atoms with van der Waals surface area (Å²) in [7, 11) is 1.88. The van der Waals surface area contributed by atoms with E-state index in [4.69, 9.17) is 4.52 Å². The van der Waals surface area contributed by atoms with Gasteiger partial charge < -0.3 is 9.42 Å². The highest BCUT2D eigenvalue weighted by atomic mass is 16.6. The number of rotatable bonds is 5. The Morgan fingerprint density at radius 1 is 1.16 bits per heavy atom. The summed E-state index contributed by atoms with van der Waals surface area (Å²) in [6.07, 6.45) is 0. The van der Waals surface area contributed by atoms with E-state index in [2.05, 4.69) is 10.1 Å². The Balaban J connectivity index is 1.99. The van der Waals surface area contributed by atoms with Gasteiger partial charge in [-0.25, -0.2) is 4.98 Å². The van der Waals surface area contributed by atoms with Gasteiger partial charge in [0.15, 0.2) is 5.69 Å². The molecule has 0 amide bonds. The van der Waals surface area contributed by atoms with E-state index in [9.17, 15) is 10.1 Å². The van der Waals surface area contributed by atoms with Gasteiger partial charge >= 0.3 is 0 Å². The van der Waals surface area contributed by atoms with Crippen LogP contribution < -0.4 is 4.90 Å². The number of hydrogen-bond acceptors (Lipinski definition) is 6. The molecule has 7 heteroatoms. The van der Waals surface area contributed by atoms with Crippen LogP contribution in [0.3, 0.4) is 0 Å². The lowest BCUT2D eigenvalue weighted by Gasteiger charge is -2.18. The molecule has 1 aromatic carbocycles. The first-order chi connectivity index (χ1) is 12.0. The topological polar surface area (TPSA) is 85.3 Å². The fourth-order valence-electron chi connectivity index (χ4n) is 2.66. The molecule has 3 rings (SSSR count). The molecule has 0 aliphatic heterocycles. The third kappa shape index (κ3) is 3.35. The van der Waals surface area contributed by atoms with Gasteiger partial charge in [0.05, 0.1) is 10.6 Å². The molecule has 2 aromatic heterocycles. The molecule has 0 atom stereocenters. The van der Waals surface area contributed by atoms with Crippen molar-refractivity contribution in [3.05, 3.63) is 69.6 Å². The zero-order valence-electron chi connectivity index (χ0n) is 14.3. The Hall–Kier alpha value is -3.22. The first kappa shape index (κ1) is 16.6. The molecule has 0 unspecified atom stereocenters. The number of benzene rings is 1. The van der Waals surface area contributed by atoms with E-state index in [-0.39, 0.29) is 5.69 Å². The van der Waals surface area contributed by atoms with Crippen molar-refractivity contribution in [2.75, 3.05) is 11.9 Å². The van der Waals surface area contributed by atoms with Crippen molar-refractivity contribution >= 4 is 11.5 Å². The molecular formula is C18H18N4O3. The number of nitro groups is 1. The monoisotopic (exact) mass is 338 g/mol. The molecule has 2 heterocycles. The molecule has 7 nitrogen and oxygen atoms in total. The molecule has 0 N–H and O–H groups in total. The number of aryl methyl sites for hydroxylation is 2. The minimum absolute atomic E-state index is 0.0133. The molecule has 0 fully saturated rings. The highest BCUT2D eigenvalue weighted by Gasteiger charge is 2.20. The Kier molecular flexibility index (Phi) is 4.47. The average molecular weight is 338 g/mol. The normalized spacial score (nSPS) is 10.7. The van der Waals surface area contributed by atoms with Gasteiger partial charge in [-0.15, -0.1) is 0 Å². The zero-order chi connectivity index (χ0) is 18.0. The molecular weight excluding hydrogens is 320 g/mol. The Morgan fingerprint density at radius 2 is 1.88 bits per heavy atom. The van der Waals surface area contributed by atoms with Crippen molar-refractivity contribution in [3.63, 3.8) is 0 Å². The second-order valence-electron chi connectivity index (χ2n) is 5.82. The minimum atomic E-state index is -0.409. The second kappa shape index (κ2) is 6.72. The van der Waals surface area contributed by atoms with Gasteiger partial charge in [-0.05, 0) is 19.9 Å². The van der Waals surface area contributed by atoms with E-state index in [1.807, 2.05) is 56.1 Å². The fourth-order valence-corrected chi connectivity index (χ4v) is 2.66. The van der Waals surface area contributed by atoms with Crippen molar-refractivity contribution in [3.8, 4) is 11.3 Å². The summed E-state index contributed by atoms with van der Waals surface area (Å²) in [6, 6.07) is 12.3. The number of pyridine rings is 1. The predicted molar refractivity (Wildman–Crippen MR) is 94.4 cm³/mol. The zero-order valence-corrected chi connectivity index (χ0v) is 14.3. The summed E-state index contributed by atoms with van der Waals surface area (Å²) in [5.74, 6) is 1.40. The standard InChI is InChI=1S/C18H18N4O3/c1-12-15(13(2)25-20-12)11-21(3)17-10-9-16(22(23)24)18(19-17)14-7-5-4-6-8-14/h4-10H,11H2,1-3H3. The van der Waals surface area contributed by atoms with Gasteiger partial charge in [0.2, 0.25) is 0 Å². The third-order valence-corrected chi connectivity index (χ3v) is 4.07. The van der Waals surface area contributed by atoms with E-state index in [0.717, 1.165) is 17.0 Å². The predicted octanol–water partition coefficient (Wildman–Crippen LogP) is 3.90. The number of anilines is 1. The molecule has 0 aliphatic rings. The first-order valence-corrected chi connectivity index (χ1v) is 7.81. The van der Waals surface area contributed by atoms with E-state index in [1.54, 1.807) is 6.07 Å². The van der Waals surface area contributed by atoms with Gasteiger partial charge in [-0.3, -0.25) is 10.1 Å². The molecule has 3 aromatic rings. The maximum atomic E-state index is 11.4. The van der Waals surface area contributed by atoms with Crippen molar-refractivity contribution in [2.24, 2.45) is 0 Å². The summed E-state index contributed by atoms with van der Waals surface area (Å²) in [5, 5.41) is 15.3. The van der Waals surface area contributed by atoms with Crippen LogP contribution in [-0.4, -0.2) is 22.1 Å². The number of aromatic nitrogens is 2. The van der Waals surface area contributed by atoms with Crippen LogP contribution in [0.5, 0.6) is 0 Å². The molecule has 0 saturated carbocycles. The number of hydrogen-bond donors (Lipinski definition) is 0. The molecule has 128 valence electrons. The molecule has 0 aliphatic carbocycles. The molecule has 0 saturated heterocycles. The lowest BCUT2D eigenvalue weighted by molar-refractivity contribution is -0.384. The summed E-state index contributed by atoms with van der Waals surface area (Å²) in [5.41, 5.74) is 2.87. The van der Waals surface area contributed by atoms with Gasteiger partial charge in [-0.1, -0.05) is 35.5 Å². The molecule has 25 heavy (non-hydrogen) atoms. The fraction of sp³-hybridized carbons (Fsp3) is 0.222. The van der Waals surface area contributed by atoms with Gasteiger partial charge in [0, 0.05) is 30.8 Å². The molecule has 0 bridgehead atoms. The van der Waals surface area contributed by atoms with Crippen molar-refractivity contribution < 1.29 is 9.45 Å². The van der Waals surface area contributed by atoms with Crippen molar-refractivity contribution in [1.82, 2.24) is 10.1 Å². The number of nitrogens with zero attached hydrogens (tertiary/aromatic N) is 4. The maximum Gasteiger partial charge on any atom is 0.295 e. The van der Waals surface area contributed by atoms with Crippen LogP contribution in [0.1, 0.15) is 17.0 Å². The van der Waals surface area contributed by atoms with Crippen molar-refractivity contribution in [1.29, 1.82) is 0 Å². The van der Waals surface area contributed by atoms with Gasteiger partial charge in [0.1, 0.15) is 11.6 Å². The highest BCUT2D eigenvalue weighted by Crippen LogP contribution is 2.30. The Labute approximate surface area is 145 Å². The summed E-state index contributed by atoms with van der Waals surface area (Å²) < 4.78 is 5.19. The Bertz CT molecular complexity index is 886. The quantitative estimate of drug-likeness (QED) is 0.518. The van der Waals surface area contributed by atoms with Crippen LogP contribution in [0.25, 0.3) is 11.3 Å². The molecule has 0 spiro atoms. The lowest BCUT2D eigenvalue weighted by Crippen LogP contribution is -2.18. The van der Waals surface area contributed by atoms with E-state index < -0.39 is 4.92 Å². The largest absolute Gasteiger partial charge is 0.361 e. The van der Waals surface area contributed by atoms with Gasteiger partial charge in [-0.2, -0.15) is 0 Å². The lowest BCUT2D eigenvalue weighted by atomic mass is 10.1. The molecule has 0 radical (unpaired) electrons. The van der Waals surface area contributed by atoms with Crippen molar-refractivity contribution in [2.45, 2.75) is 20.4 Å². The summed E-state index contributed by atoms with van der Waals surface area (Å²) in [6.45, 7) is 4.31. The van der Waals surface area contributed by atoms with Crippen LogP contribution >= 0.6 is 0 Å². The van der Waals surface area contributed by atoms with E-state index in [1.165, 1.54) is 6.07 Å². The third-order valence-electron chi connectivity index (χ3n) is 4.07. The average Bonchev–Trinajstić information content (AvgIpc) is 2.93. The first-order valence-electron chi connectivity index (χ1n) is 7.81. The van der Waals surface area contributed by atoms with Crippen LogP contribution in [0.2, 0.25) is 0 Å². The summed E-state index contributed by atoms with van der Waals surface area (Å²) >= 11 is 0. The van der Waals surface area contributed by atoms with Crippen LogP contribution in [0.15, 0.2) is 47.0 Å². The highest BCUT2D eigenvalue weighted by molar-refractivity contribution is 5.71. The second-order valence-corrected chi connectivity index (χ2v) is 5.82. The van der Waals surface area contributed by atoms with Crippen LogP contribution in [0, 0.1) is 24.0 Å². The van der Waals surface area contributed by atoms with Crippen LogP contribution in [-0.2, 0) is 6.54 Å². The smallest absolute Gasteiger partial charge is 0.295 e. The van der Waals surface area contributed by atoms with E-state index >= 15 is 0 Å². The Morgan fingerprint density at radius 3 is 2.48 bits per heavy atom. The maximum absolute atomic E-state index is 11.4. The minimum Gasteiger partial charge on any atom is -0.361 e. The van der Waals surface area contributed by atoms with E-state index in [0.29, 0.717) is 23.6 Å². The van der Waals surface area contributed by atoms with Gasteiger partial charge in [0.25, 0.3) is 5.69 Å². The summed E-state index contributed by atoms with van der Waals surface area (Å²) in [4.78, 5) is 17.4.